The fourth-order valence-corrected chi connectivity index (χ4v) is 5.44. The maximum atomic E-state index is 13.1. The van der Waals surface area contributed by atoms with Crippen LogP contribution in [-0.4, -0.2) is 39.3 Å². The van der Waals surface area contributed by atoms with Crippen molar-refractivity contribution >= 4 is 50.2 Å². The summed E-state index contributed by atoms with van der Waals surface area (Å²) in [6, 6.07) is 5.90. The normalized spacial score (nSPS) is 13.7. The van der Waals surface area contributed by atoms with Crippen molar-refractivity contribution in [1.29, 1.82) is 0 Å². The van der Waals surface area contributed by atoms with E-state index in [0.717, 1.165) is 47.9 Å². The molecule has 2 aromatic heterocycles. The molecule has 3 aromatic rings. The molecule has 31 heavy (non-hydrogen) atoms. The summed E-state index contributed by atoms with van der Waals surface area (Å²) in [6.07, 6.45) is 3.94. The Bertz CT molecular complexity index is 1170. The highest BCUT2D eigenvalue weighted by atomic mass is 32.2. The van der Waals surface area contributed by atoms with Crippen molar-refractivity contribution in [3.63, 3.8) is 0 Å². The van der Waals surface area contributed by atoms with Gasteiger partial charge in [-0.1, -0.05) is 47.4 Å². The average molecular weight is 456 g/mol. The Labute approximate surface area is 189 Å². The summed E-state index contributed by atoms with van der Waals surface area (Å²) in [5.74, 6) is 0.00402. The Morgan fingerprint density at radius 3 is 2.65 bits per heavy atom. The number of aryl methyl sites for hydroxylation is 2. The number of nitrogens with zero attached hydrogens (tertiary/aromatic N) is 4. The van der Waals surface area contributed by atoms with Crippen LogP contribution < -0.4 is 15.8 Å². The van der Waals surface area contributed by atoms with Gasteiger partial charge in [0.15, 0.2) is 15.9 Å². The number of carbonyl (C=O) groups excluding carboxylic acids is 1. The number of rotatable bonds is 7. The van der Waals surface area contributed by atoms with E-state index in [1.165, 1.54) is 23.1 Å². The molecule has 1 saturated heterocycles. The van der Waals surface area contributed by atoms with E-state index >= 15 is 0 Å². The molecule has 1 aliphatic rings. The van der Waals surface area contributed by atoms with E-state index in [9.17, 15) is 9.59 Å². The number of hydrogen-bond donors (Lipinski definition) is 1. The predicted molar refractivity (Wildman–Crippen MR) is 129 cm³/mol. The number of thioether (sulfide) groups is 1. The van der Waals surface area contributed by atoms with Gasteiger partial charge in [0.1, 0.15) is 4.70 Å². The molecule has 0 atom stereocenters. The Balaban J connectivity index is 1.58. The minimum absolute atomic E-state index is 0.134. The molecule has 162 valence electrons. The molecule has 9 heteroatoms. The van der Waals surface area contributed by atoms with Gasteiger partial charge in [-0.3, -0.25) is 14.2 Å². The zero-order valence-corrected chi connectivity index (χ0v) is 19.3. The standard InChI is InChI=1S/C22H25N5O2S2/c1-4-10-27-20(29)18-19(24-21(31-18)26-11-5-6-12-26)25-22(27)30-13-16(28)23-17-14(2)8-7-9-15(17)3/h4,7-9H,1,5-6,10-13H2,2-3H3,(H,23,28). The first-order chi connectivity index (χ1) is 15.0. The maximum Gasteiger partial charge on any atom is 0.274 e. The molecule has 0 unspecified atom stereocenters. The first-order valence-electron chi connectivity index (χ1n) is 10.2. The average Bonchev–Trinajstić information content (AvgIpc) is 3.41. The van der Waals surface area contributed by atoms with E-state index in [1.54, 1.807) is 10.6 Å². The van der Waals surface area contributed by atoms with Crippen molar-refractivity contribution in [2.24, 2.45) is 0 Å². The van der Waals surface area contributed by atoms with Gasteiger partial charge >= 0.3 is 0 Å². The summed E-state index contributed by atoms with van der Waals surface area (Å²) in [5, 5.41) is 4.30. The van der Waals surface area contributed by atoms with Gasteiger partial charge in [0.25, 0.3) is 5.56 Å². The molecule has 1 amide bonds. The lowest BCUT2D eigenvalue weighted by Gasteiger charge is -2.12. The molecule has 1 fully saturated rings. The minimum Gasteiger partial charge on any atom is -0.348 e. The Morgan fingerprint density at radius 1 is 1.26 bits per heavy atom. The van der Waals surface area contributed by atoms with E-state index in [-0.39, 0.29) is 17.2 Å². The second kappa shape index (κ2) is 9.23. The lowest BCUT2D eigenvalue weighted by molar-refractivity contribution is -0.113. The van der Waals surface area contributed by atoms with Gasteiger partial charge in [-0.15, -0.1) is 6.58 Å². The van der Waals surface area contributed by atoms with Crippen molar-refractivity contribution in [2.75, 3.05) is 29.1 Å². The van der Waals surface area contributed by atoms with Crippen LogP contribution in [0.25, 0.3) is 10.3 Å². The summed E-state index contributed by atoms with van der Waals surface area (Å²) in [5.41, 5.74) is 3.17. The molecule has 1 aromatic carbocycles. The zero-order chi connectivity index (χ0) is 22.0. The summed E-state index contributed by atoms with van der Waals surface area (Å²) in [6.45, 7) is 9.94. The van der Waals surface area contributed by atoms with E-state index in [2.05, 4.69) is 26.8 Å². The molecule has 7 nitrogen and oxygen atoms in total. The molecule has 4 rings (SSSR count). The smallest absolute Gasteiger partial charge is 0.274 e. The highest BCUT2D eigenvalue weighted by Gasteiger charge is 2.21. The van der Waals surface area contributed by atoms with Crippen LogP contribution >= 0.6 is 23.1 Å². The van der Waals surface area contributed by atoms with E-state index < -0.39 is 0 Å². The number of benzene rings is 1. The molecule has 1 aliphatic heterocycles. The fraction of sp³-hybridized carbons (Fsp3) is 0.364. The first kappa shape index (κ1) is 21.6. The molecule has 1 N–H and O–H groups in total. The third-order valence-corrected chi connectivity index (χ3v) is 7.31. The van der Waals surface area contributed by atoms with Crippen LogP contribution in [0.2, 0.25) is 0 Å². The third-order valence-electron chi connectivity index (χ3n) is 5.24. The van der Waals surface area contributed by atoms with Gasteiger partial charge < -0.3 is 10.2 Å². The van der Waals surface area contributed by atoms with Crippen molar-refractivity contribution in [3.8, 4) is 0 Å². The van der Waals surface area contributed by atoms with Crippen molar-refractivity contribution in [1.82, 2.24) is 14.5 Å². The number of nitrogens with one attached hydrogen (secondary N) is 1. The molecule has 0 spiro atoms. The summed E-state index contributed by atoms with van der Waals surface area (Å²) >= 11 is 2.64. The van der Waals surface area contributed by atoms with Crippen LogP contribution in [0.15, 0.2) is 40.8 Å². The summed E-state index contributed by atoms with van der Waals surface area (Å²) in [7, 11) is 0. The molecular weight excluding hydrogens is 430 g/mol. The molecule has 0 bridgehead atoms. The van der Waals surface area contributed by atoms with Crippen molar-refractivity contribution in [2.45, 2.75) is 38.4 Å². The van der Waals surface area contributed by atoms with Gasteiger partial charge in [-0.25, -0.2) is 4.98 Å². The second-order valence-corrected chi connectivity index (χ2v) is 9.47. The van der Waals surface area contributed by atoms with Gasteiger partial charge in [0.2, 0.25) is 5.91 Å². The quantitative estimate of drug-likeness (QED) is 0.330. The van der Waals surface area contributed by atoms with Crippen LogP contribution in [0.1, 0.15) is 24.0 Å². The largest absolute Gasteiger partial charge is 0.348 e. The number of thiazole rings is 1. The Kier molecular flexibility index (Phi) is 6.43. The van der Waals surface area contributed by atoms with Gasteiger partial charge in [-0.05, 0) is 37.8 Å². The maximum absolute atomic E-state index is 13.1. The number of carbonyl (C=O) groups is 1. The number of hydrogen-bond acceptors (Lipinski definition) is 7. The van der Waals surface area contributed by atoms with Crippen molar-refractivity contribution in [3.05, 3.63) is 52.3 Å². The third kappa shape index (κ3) is 4.52. The van der Waals surface area contributed by atoms with Gasteiger partial charge in [-0.2, -0.15) is 4.98 Å². The van der Waals surface area contributed by atoms with Crippen LogP contribution in [-0.2, 0) is 11.3 Å². The Morgan fingerprint density at radius 2 is 1.97 bits per heavy atom. The summed E-state index contributed by atoms with van der Waals surface area (Å²) < 4.78 is 2.12. The van der Waals surface area contributed by atoms with Crippen molar-refractivity contribution < 1.29 is 4.79 Å². The zero-order valence-electron chi connectivity index (χ0n) is 17.7. The molecule has 0 saturated carbocycles. The molecular formula is C22H25N5O2S2. The molecule has 0 aliphatic carbocycles. The van der Waals surface area contributed by atoms with Crippen LogP contribution in [0.3, 0.4) is 0 Å². The monoisotopic (exact) mass is 455 g/mol. The fourth-order valence-electron chi connectivity index (χ4n) is 3.64. The number of allylic oxidation sites excluding steroid dienone is 1. The highest BCUT2D eigenvalue weighted by molar-refractivity contribution is 7.99. The topological polar surface area (TPSA) is 80.1 Å². The lowest BCUT2D eigenvalue weighted by atomic mass is 10.1. The molecule has 0 radical (unpaired) electrons. The Hall–Kier alpha value is -2.65. The SMILES string of the molecule is C=CCn1c(SCC(=O)Nc2c(C)cccc2C)nc2nc(N3CCCC3)sc2c1=O. The van der Waals surface area contributed by atoms with Crippen LogP contribution in [0.4, 0.5) is 10.8 Å². The predicted octanol–water partition coefficient (Wildman–Crippen LogP) is 3.99. The number of aromatic nitrogens is 3. The number of anilines is 2. The summed E-state index contributed by atoms with van der Waals surface area (Å²) in [4.78, 5) is 37.2. The second-order valence-electron chi connectivity index (χ2n) is 7.55. The van der Waals surface area contributed by atoms with Crippen LogP contribution in [0, 0.1) is 13.8 Å². The van der Waals surface area contributed by atoms with E-state index in [1.807, 2.05) is 32.0 Å². The molecule has 3 heterocycles. The van der Waals surface area contributed by atoms with E-state index in [4.69, 9.17) is 0 Å². The first-order valence-corrected chi connectivity index (χ1v) is 12.0. The van der Waals surface area contributed by atoms with Gasteiger partial charge in [0, 0.05) is 25.3 Å². The lowest BCUT2D eigenvalue weighted by Crippen LogP contribution is -2.23. The van der Waals surface area contributed by atoms with Crippen LogP contribution in [0.5, 0.6) is 0 Å². The number of amides is 1. The minimum atomic E-state index is -0.141. The number of fused-ring (bicyclic) bond motifs is 1. The highest BCUT2D eigenvalue weighted by Crippen LogP contribution is 2.29. The van der Waals surface area contributed by atoms with E-state index in [0.29, 0.717) is 22.0 Å². The van der Waals surface area contributed by atoms with Gasteiger partial charge in [0.05, 0.1) is 5.75 Å². The number of para-hydroxylation sites is 1.